The first-order chi connectivity index (χ1) is 8.78. The maximum atomic E-state index is 11.9. The van der Waals surface area contributed by atoms with Gasteiger partial charge in [-0.3, -0.25) is 0 Å². The number of aliphatic carboxylic acids is 1. The highest BCUT2D eigenvalue weighted by Gasteiger charge is 2.63. The molecule has 3 unspecified atom stereocenters. The lowest BCUT2D eigenvalue weighted by Gasteiger charge is -2.41. The first-order valence-corrected chi connectivity index (χ1v) is 6.59. The van der Waals surface area contributed by atoms with E-state index in [1.54, 1.807) is 0 Å². The average Bonchev–Trinajstić information content (AvgIpc) is 2.72. The molecule has 102 valence electrons. The molecular formula is C15H18O4. The van der Waals surface area contributed by atoms with Gasteiger partial charge in [0.15, 0.2) is 0 Å². The topological polar surface area (TPSA) is 63.6 Å². The zero-order valence-electron chi connectivity index (χ0n) is 11.2. The molecule has 1 saturated carbocycles. The SMILES string of the molecule is C=C1C(=O)OCC2C(C(=O)O)=CC3CC(C)(C)CC132. The van der Waals surface area contributed by atoms with Gasteiger partial charge in [-0.2, -0.15) is 0 Å². The van der Waals surface area contributed by atoms with Crippen molar-refractivity contribution in [1.29, 1.82) is 0 Å². The molecule has 1 N–H and O–H groups in total. The summed E-state index contributed by atoms with van der Waals surface area (Å²) in [6.45, 7) is 8.43. The summed E-state index contributed by atoms with van der Waals surface area (Å²) in [6.07, 6.45) is 3.54. The highest BCUT2D eigenvalue weighted by atomic mass is 16.5. The van der Waals surface area contributed by atoms with Crippen LogP contribution in [0.4, 0.5) is 0 Å². The van der Waals surface area contributed by atoms with Crippen molar-refractivity contribution in [3.05, 3.63) is 23.8 Å². The molecule has 4 nitrogen and oxygen atoms in total. The van der Waals surface area contributed by atoms with Crippen molar-refractivity contribution >= 4 is 11.9 Å². The van der Waals surface area contributed by atoms with Crippen LogP contribution in [0.3, 0.4) is 0 Å². The maximum absolute atomic E-state index is 11.9. The van der Waals surface area contributed by atoms with E-state index in [1.165, 1.54) is 0 Å². The van der Waals surface area contributed by atoms with Crippen LogP contribution in [-0.2, 0) is 14.3 Å². The summed E-state index contributed by atoms with van der Waals surface area (Å²) in [4.78, 5) is 23.3. The Morgan fingerprint density at radius 2 is 2.21 bits per heavy atom. The van der Waals surface area contributed by atoms with Crippen LogP contribution >= 0.6 is 0 Å². The van der Waals surface area contributed by atoms with Crippen LogP contribution in [-0.4, -0.2) is 23.7 Å². The molecule has 2 fully saturated rings. The fourth-order valence-corrected chi connectivity index (χ4v) is 4.41. The minimum atomic E-state index is -0.901. The van der Waals surface area contributed by atoms with E-state index in [2.05, 4.69) is 20.4 Å². The van der Waals surface area contributed by atoms with Gasteiger partial charge in [0, 0.05) is 22.5 Å². The third-order valence-corrected chi connectivity index (χ3v) is 5.02. The van der Waals surface area contributed by atoms with Crippen LogP contribution < -0.4 is 0 Å². The minimum absolute atomic E-state index is 0.0962. The number of hydrogen-bond donors (Lipinski definition) is 1. The van der Waals surface area contributed by atoms with Crippen molar-refractivity contribution in [1.82, 2.24) is 0 Å². The summed E-state index contributed by atoms with van der Waals surface area (Å²) in [5.74, 6) is -1.40. The Bertz CT molecular complexity index is 528. The van der Waals surface area contributed by atoms with Crippen molar-refractivity contribution in [3.63, 3.8) is 0 Å². The van der Waals surface area contributed by atoms with Crippen molar-refractivity contribution < 1.29 is 19.4 Å². The predicted molar refractivity (Wildman–Crippen MR) is 68.2 cm³/mol. The lowest BCUT2D eigenvalue weighted by atomic mass is 9.64. The standard InChI is InChI=1S/C15H18O4/c1-8-13(18)19-6-11-10(12(16)17)4-9-5-14(2,3)7-15(8,9)11/h4,9,11H,1,5-7H2,2-3H3,(H,16,17). The monoisotopic (exact) mass is 262 g/mol. The Kier molecular flexibility index (Phi) is 2.29. The largest absolute Gasteiger partial charge is 0.478 e. The van der Waals surface area contributed by atoms with Crippen molar-refractivity contribution in [2.45, 2.75) is 26.7 Å². The van der Waals surface area contributed by atoms with Gasteiger partial charge in [0.25, 0.3) is 0 Å². The fraction of sp³-hybridized carbons (Fsp3) is 0.600. The Morgan fingerprint density at radius 1 is 1.53 bits per heavy atom. The number of allylic oxidation sites excluding steroid dienone is 1. The van der Waals surface area contributed by atoms with E-state index in [0.717, 1.165) is 12.8 Å². The smallest absolute Gasteiger partial charge is 0.334 e. The number of carboxylic acid groups (broad SMARTS) is 1. The van der Waals surface area contributed by atoms with Gasteiger partial charge in [0.2, 0.25) is 0 Å². The molecule has 0 aromatic rings. The third-order valence-electron chi connectivity index (χ3n) is 5.02. The quantitative estimate of drug-likeness (QED) is 0.581. The molecule has 3 rings (SSSR count). The van der Waals surface area contributed by atoms with Gasteiger partial charge in [-0.15, -0.1) is 0 Å². The van der Waals surface area contributed by atoms with E-state index in [0.29, 0.717) is 11.1 Å². The number of carbonyl (C=O) groups is 2. The van der Waals surface area contributed by atoms with Crippen LogP contribution in [0.25, 0.3) is 0 Å². The zero-order valence-corrected chi connectivity index (χ0v) is 11.2. The number of carboxylic acids is 1. The summed E-state index contributed by atoms with van der Waals surface area (Å²) in [5.41, 5.74) is 0.539. The van der Waals surface area contributed by atoms with Crippen molar-refractivity contribution in [2.24, 2.45) is 22.7 Å². The molecule has 3 atom stereocenters. The summed E-state index contributed by atoms with van der Waals surface area (Å²) in [5, 5.41) is 9.35. The van der Waals surface area contributed by atoms with Gasteiger partial charge in [-0.1, -0.05) is 26.5 Å². The van der Waals surface area contributed by atoms with Gasteiger partial charge in [0.1, 0.15) is 0 Å². The van der Waals surface area contributed by atoms with Gasteiger partial charge in [0.05, 0.1) is 6.61 Å². The second-order valence-corrected chi connectivity index (χ2v) is 6.75. The molecule has 1 aliphatic heterocycles. The number of cyclic esters (lactones) is 1. The summed E-state index contributed by atoms with van der Waals surface area (Å²) in [6, 6.07) is 0. The first-order valence-electron chi connectivity index (χ1n) is 6.59. The summed E-state index contributed by atoms with van der Waals surface area (Å²) < 4.78 is 5.11. The van der Waals surface area contributed by atoms with Gasteiger partial charge < -0.3 is 9.84 Å². The third kappa shape index (κ3) is 1.46. The van der Waals surface area contributed by atoms with Crippen LogP contribution in [0, 0.1) is 22.7 Å². The van der Waals surface area contributed by atoms with Crippen molar-refractivity contribution in [3.8, 4) is 0 Å². The second-order valence-electron chi connectivity index (χ2n) is 6.75. The van der Waals surface area contributed by atoms with Crippen LogP contribution in [0.2, 0.25) is 0 Å². The molecule has 0 aromatic heterocycles. The van der Waals surface area contributed by atoms with Gasteiger partial charge in [-0.25, -0.2) is 9.59 Å². The normalized spacial score (nSPS) is 39.4. The van der Waals surface area contributed by atoms with Crippen LogP contribution in [0.5, 0.6) is 0 Å². The second kappa shape index (κ2) is 3.50. The number of esters is 1. The lowest BCUT2D eigenvalue weighted by molar-refractivity contribution is -0.150. The highest BCUT2D eigenvalue weighted by molar-refractivity contribution is 5.94. The molecule has 0 amide bonds. The molecular weight excluding hydrogens is 244 g/mol. The predicted octanol–water partition coefficient (Wildman–Crippen LogP) is 2.16. The van der Waals surface area contributed by atoms with Crippen molar-refractivity contribution in [2.75, 3.05) is 6.61 Å². The molecule has 0 bridgehead atoms. The highest BCUT2D eigenvalue weighted by Crippen LogP contribution is 2.66. The van der Waals surface area contributed by atoms with Gasteiger partial charge in [-0.05, 0) is 24.2 Å². The Labute approximate surface area is 112 Å². The molecule has 2 aliphatic carbocycles. The lowest BCUT2D eigenvalue weighted by Crippen LogP contribution is -2.44. The molecule has 19 heavy (non-hydrogen) atoms. The van der Waals surface area contributed by atoms with E-state index < -0.39 is 11.4 Å². The maximum Gasteiger partial charge on any atom is 0.334 e. The fourth-order valence-electron chi connectivity index (χ4n) is 4.41. The molecule has 3 aliphatic rings. The Morgan fingerprint density at radius 3 is 2.84 bits per heavy atom. The van der Waals surface area contributed by atoms with Crippen LogP contribution in [0.1, 0.15) is 26.7 Å². The van der Waals surface area contributed by atoms with E-state index >= 15 is 0 Å². The van der Waals surface area contributed by atoms with E-state index in [4.69, 9.17) is 4.74 Å². The number of carbonyl (C=O) groups excluding carboxylic acids is 1. The molecule has 4 heteroatoms. The number of ether oxygens (including phenoxy) is 1. The number of rotatable bonds is 1. The van der Waals surface area contributed by atoms with E-state index in [9.17, 15) is 14.7 Å². The Balaban J connectivity index is 2.12. The number of hydrogen-bond acceptors (Lipinski definition) is 3. The van der Waals surface area contributed by atoms with Gasteiger partial charge >= 0.3 is 11.9 Å². The molecule has 0 aromatic carbocycles. The Hall–Kier alpha value is -1.58. The summed E-state index contributed by atoms with van der Waals surface area (Å²) in [7, 11) is 0. The van der Waals surface area contributed by atoms with Crippen LogP contribution in [0.15, 0.2) is 23.8 Å². The molecule has 1 heterocycles. The minimum Gasteiger partial charge on any atom is -0.478 e. The molecule has 1 spiro atoms. The first kappa shape index (κ1) is 12.5. The average molecular weight is 262 g/mol. The molecule has 0 radical (unpaired) electrons. The summed E-state index contributed by atoms with van der Waals surface area (Å²) >= 11 is 0. The van der Waals surface area contributed by atoms with E-state index in [-0.39, 0.29) is 29.8 Å². The zero-order chi connectivity index (χ0) is 14.0. The molecule has 1 saturated heterocycles. The van der Waals surface area contributed by atoms with E-state index in [1.807, 2.05) is 6.08 Å².